The lowest BCUT2D eigenvalue weighted by molar-refractivity contribution is -0.134. The zero-order valence-electron chi connectivity index (χ0n) is 20.1. The summed E-state index contributed by atoms with van der Waals surface area (Å²) in [6.45, 7) is 7.42. The van der Waals surface area contributed by atoms with Crippen LogP contribution in [0.2, 0.25) is 0 Å². The molecule has 0 saturated carbocycles. The molecule has 184 valence electrons. The number of carbonyl (C=O) groups excluding carboxylic acids is 4. The van der Waals surface area contributed by atoms with Gasteiger partial charge in [0.2, 0.25) is 0 Å². The molecule has 1 atom stereocenters. The second-order valence-electron chi connectivity index (χ2n) is 8.28. The van der Waals surface area contributed by atoms with Crippen LogP contribution in [0.5, 0.6) is 28.7 Å². The molecule has 0 spiro atoms. The fourth-order valence-electron chi connectivity index (χ4n) is 3.62. The molecule has 1 heterocycles. The molecule has 2 aromatic rings. The van der Waals surface area contributed by atoms with Crippen LogP contribution in [0, 0.1) is 0 Å². The average Bonchev–Trinajstić information content (AvgIpc) is 2.72. The standard InChI is InChI=1S/C26H26O9/c1-13(2)6-8-18-22(33-15(4)28)12-24-25(26(18)31)19(30)11-21(35-24)17-7-9-20(32-14(3)27)23(10-17)34-16(5)29/h6-7,9-10,12,21,31H,8,11H2,1-5H3. The van der Waals surface area contributed by atoms with Crippen LogP contribution in [0.1, 0.15) is 68.6 Å². The van der Waals surface area contributed by atoms with Crippen molar-refractivity contribution in [2.45, 2.75) is 53.6 Å². The van der Waals surface area contributed by atoms with Gasteiger partial charge in [0, 0.05) is 32.4 Å². The van der Waals surface area contributed by atoms with Crippen molar-refractivity contribution in [1.82, 2.24) is 0 Å². The van der Waals surface area contributed by atoms with Gasteiger partial charge in [-0.2, -0.15) is 0 Å². The molecule has 0 fully saturated rings. The number of Topliss-reactive ketones (excluding diaryl/α,β-unsaturated/α-hetero) is 1. The van der Waals surface area contributed by atoms with Gasteiger partial charge >= 0.3 is 17.9 Å². The molecule has 1 aliphatic rings. The van der Waals surface area contributed by atoms with E-state index in [1.54, 1.807) is 6.07 Å². The lowest BCUT2D eigenvalue weighted by Gasteiger charge is -2.28. The maximum Gasteiger partial charge on any atom is 0.308 e. The highest BCUT2D eigenvalue weighted by atomic mass is 16.6. The molecule has 0 radical (unpaired) electrons. The molecule has 35 heavy (non-hydrogen) atoms. The summed E-state index contributed by atoms with van der Waals surface area (Å²) >= 11 is 0. The Balaban J connectivity index is 2.04. The first-order chi connectivity index (χ1) is 16.5. The van der Waals surface area contributed by atoms with Crippen LogP contribution in [-0.4, -0.2) is 28.8 Å². The van der Waals surface area contributed by atoms with Crippen LogP contribution < -0.4 is 18.9 Å². The highest BCUT2D eigenvalue weighted by molar-refractivity contribution is 6.03. The molecule has 1 N–H and O–H groups in total. The molecular weight excluding hydrogens is 456 g/mol. The summed E-state index contributed by atoms with van der Waals surface area (Å²) < 4.78 is 21.5. The Morgan fingerprint density at radius 1 is 0.943 bits per heavy atom. The van der Waals surface area contributed by atoms with E-state index in [1.807, 2.05) is 19.9 Å². The van der Waals surface area contributed by atoms with Crippen molar-refractivity contribution in [2.75, 3.05) is 0 Å². The van der Waals surface area contributed by atoms with E-state index in [4.69, 9.17) is 18.9 Å². The zero-order valence-corrected chi connectivity index (χ0v) is 20.1. The second kappa shape index (κ2) is 10.4. The molecule has 1 aliphatic heterocycles. The summed E-state index contributed by atoms with van der Waals surface area (Å²) in [5.74, 6) is -2.31. The number of hydrogen-bond donors (Lipinski definition) is 1. The summed E-state index contributed by atoms with van der Waals surface area (Å²) in [5, 5.41) is 10.9. The van der Waals surface area contributed by atoms with Gasteiger partial charge in [0.05, 0.1) is 6.42 Å². The molecule has 1 unspecified atom stereocenters. The van der Waals surface area contributed by atoms with Gasteiger partial charge in [-0.15, -0.1) is 0 Å². The van der Waals surface area contributed by atoms with Crippen molar-refractivity contribution < 1.29 is 43.2 Å². The number of hydrogen-bond acceptors (Lipinski definition) is 9. The van der Waals surface area contributed by atoms with Gasteiger partial charge in [0.1, 0.15) is 28.9 Å². The molecule has 9 nitrogen and oxygen atoms in total. The number of aromatic hydroxyl groups is 1. The molecule has 0 bridgehead atoms. The number of carbonyl (C=O) groups is 4. The molecule has 9 heteroatoms. The first-order valence-electron chi connectivity index (χ1n) is 10.9. The maximum absolute atomic E-state index is 13.1. The second-order valence-corrected chi connectivity index (χ2v) is 8.28. The van der Waals surface area contributed by atoms with E-state index in [2.05, 4.69) is 0 Å². The number of benzene rings is 2. The van der Waals surface area contributed by atoms with Crippen LogP contribution in [0.4, 0.5) is 0 Å². The summed E-state index contributed by atoms with van der Waals surface area (Å²) in [6.07, 6.45) is 1.18. The number of phenolic OH excluding ortho intramolecular Hbond substituents is 1. The molecule has 3 rings (SSSR count). The number of phenols is 1. The Kier molecular flexibility index (Phi) is 7.58. The lowest BCUT2D eigenvalue weighted by atomic mass is 9.92. The van der Waals surface area contributed by atoms with Crippen LogP contribution in [0.25, 0.3) is 0 Å². The first-order valence-corrected chi connectivity index (χ1v) is 10.9. The van der Waals surface area contributed by atoms with Crippen molar-refractivity contribution in [3.05, 3.63) is 52.6 Å². The molecule has 0 saturated heterocycles. The maximum atomic E-state index is 13.1. The molecule has 0 aliphatic carbocycles. The summed E-state index contributed by atoms with van der Waals surface area (Å²) in [6, 6.07) is 5.86. The number of fused-ring (bicyclic) bond motifs is 1. The highest BCUT2D eigenvalue weighted by Crippen LogP contribution is 2.46. The predicted octanol–water partition coefficient (Wildman–Crippen LogP) is 4.38. The van der Waals surface area contributed by atoms with Crippen molar-refractivity contribution in [3.8, 4) is 28.7 Å². The van der Waals surface area contributed by atoms with Gasteiger partial charge in [-0.05, 0) is 38.0 Å². The van der Waals surface area contributed by atoms with Crippen molar-refractivity contribution >= 4 is 23.7 Å². The van der Waals surface area contributed by atoms with Gasteiger partial charge in [0.15, 0.2) is 17.3 Å². The molecule has 0 aromatic heterocycles. The zero-order chi connectivity index (χ0) is 25.9. The van der Waals surface area contributed by atoms with Crippen LogP contribution >= 0.6 is 0 Å². The first kappa shape index (κ1) is 25.5. The van der Waals surface area contributed by atoms with E-state index in [0.717, 1.165) is 5.57 Å². The van der Waals surface area contributed by atoms with Crippen LogP contribution in [0.15, 0.2) is 35.9 Å². The number of ether oxygens (including phenoxy) is 4. The van der Waals surface area contributed by atoms with E-state index in [9.17, 15) is 24.3 Å². The van der Waals surface area contributed by atoms with Crippen molar-refractivity contribution in [2.24, 2.45) is 0 Å². The van der Waals surface area contributed by atoms with Crippen molar-refractivity contribution in [1.29, 1.82) is 0 Å². The van der Waals surface area contributed by atoms with E-state index in [-0.39, 0.29) is 52.9 Å². The summed E-state index contributed by atoms with van der Waals surface area (Å²) in [7, 11) is 0. The Hall–Kier alpha value is -4.14. The Morgan fingerprint density at radius 2 is 1.54 bits per heavy atom. The minimum Gasteiger partial charge on any atom is -0.507 e. The van der Waals surface area contributed by atoms with Crippen LogP contribution in [0.3, 0.4) is 0 Å². The normalized spacial score (nSPS) is 14.3. The van der Waals surface area contributed by atoms with Crippen LogP contribution in [-0.2, 0) is 20.8 Å². The van der Waals surface area contributed by atoms with Gasteiger partial charge < -0.3 is 24.1 Å². The van der Waals surface area contributed by atoms with Gasteiger partial charge in [-0.3, -0.25) is 19.2 Å². The Morgan fingerprint density at radius 3 is 2.14 bits per heavy atom. The molecule has 2 aromatic carbocycles. The average molecular weight is 482 g/mol. The fraction of sp³-hybridized carbons (Fsp3) is 0.308. The SMILES string of the molecule is CC(=O)Oc1ccc(C2CC(=O)c3c(cc(OC(C)=O)c(CC=C(C)C)c3O)O2)cc1OC(C)=O. The van der Waals surface area contributed by atoms with Gasteiger partial charge in [-0.25, -0.2) is 0 Å². The van der Waals surface area contributed by atoms with E-state index in [0.29, 0.717) is 11.1 Å². The minimum atomic E-state index is -0.802. The van der Waals surface area contributed by atoms with E-state index in [1.165, 1.54) is 39.0 Å². The third kappa shape index (κ3) is 6.06. The fourth-order valence-corrected chi connectivity index (χ4v) is 3.62. The Labute approximate surface area is 202 Å². The third-order valence-electron chi connectivity index (χ3n) is 5.06. The quantitative estimate of drug-likeness (QED) is 0.362. The summed E-state index contributed by atoms with van der Waals surface area (Å²) in [5.41, 5.74) is 1.77. The van der Waals surface area contributed by atoms with Gasteiger partial charge in [0.25, 0.3) is 0 Å². The lowest BCUT2D eigenvalue weighted by Crippen LogP contribution is -2.21. The van der Waals surface area contributed by atoms with E-state index < -0.39 is 24.0 Å². The largest absolute Gasteiger partial charge is 0.507 e. The van der Waals surface area contributed by atoms with E-state index >= 15 is 0 Å². The smallest absolute Gasteiger partial charge is 0.308 e. The number of allylic oxidation sites excluding steroid dienone is 2. The Bertz CT molecular complexity index is 1240. The number of esters is 3. The monoisotopic (exact) mass is 482 g/mol. The van der Waals surface area contributed by atoms with Gasteiger partial charge in [-0.1, -0.05) is 17.7 Å². The topological polar surface area (TPSA) is 125 Å². The predicted molar refractivity (Wildman–Crippen MR) is 124 cm³/mol. The number of rotatable bonds is 6. The molecular formula is C26H26O9. The third-order valence-corrected chi connectivity index (χ3v) is 5.06. The minimum absolute atomic E-state index is 0.00560. The summed E-state index contributed by atoms with van der Waals surface area (Å²) in [4.78, 5) is 47.6. The number of ketones is 1. The molecule has 0 amide bonds. The van der Waals surface area contributed by atoms with Crippen molar-refractivity contribution in [3.63, 3.8) is 0 Å². The highest BCUT2D eigenvalue weighted by Gasteiger charge is 2.33.